The fourth-order valence-corrected chi connectivity index (χ4v) is 5.91. The lowest BCUT2D eigenvalue weighted by molar-refractivity contribution is -0.113. The van der Waals surface area contributed by atoms with E-state index in [4.69, 9.17) is 14.5 Å². The molecule has 8 heteroatoms. The summed E-state index contributed by atoms with van der Waals surface area (Å²) in [7, 11) is 0. The van der Waals surface area contributed by atoms with Crippen LogP contribution in [0.4, 0.5) is 5.69 Å². The van der Waals surface area contributed by atoms with E-state index in [1.165, 1.54) is 16.9 Å². The number of nitrogens with one attached hydrogen (secondary N) is 1. The molecule has 1 aromatic heterocycles. The van der Waals surface area contributed by atoms with Crippen LogP contribution < -0.4 is 29.7 Å². The topological polar surface area (TPSA) is 81.9 Å². The van der Waals surface area contributed by atoms with E-state index in [0.717, 1.165) is 11.1 Å². The monoisotopic (exact) mass is 537 g/mol. The summed E-state index contributed by atoms with van der Waals surface area (Å²) in [6.45, 7) is 6.28. The van der Waals surface area contributed by atoms with Crippen LogP contribution >= 0.6 is 11.3 Å². The number of carbonyl (C=O) groups is 1. The van der Waals surface area contributed by atoms with Gasteiger partial charge in [-0.05, 0) is 59.9 Å². The number of nitrogens with zero attached hydrogens (tertiary/aromatic N) is 2. The first-order chi connectivity index (χ1) is 18.9. The third kappa shape index (κ3) is 4.68. The molecule has 7 nitrogen and oxygen atoms in total. The van der Waals surface area contributed by atoms with Crippen LogP contribution in [0, 0.1) is 0 Å². The standard InChI is InChI=1S/C31H27N3O4S/c1-18(2)21-10-12-22(13-11-21)28-27(29(35)33-23-7-5-4-6-8-23)19(3)32-31-34(28)30(36)26(39-31)16-20-9-14-24-25(15-20)38-17-37-24/h4-16,18,28H,17H2,1-3H3,(H,33,35)/b26-16-. The fourth-order valence-electron chi connectivity index (χ4n) is 4.86. The van der Waals surface area contributed by atoms with Crippen LogP contribution in [-0.2, 0) is 4.79 Å². The van der Waals surface area contributed by atoms with Crippen LogP contribution in [0.5, 0.6) is 11.5 Å². The van der Waals surface area contributed by atoms with Gasteiger partial charge < -0.3 is 14.8 Å². The molecule has 4 aromatic rings. The largest absolute Gasteiger partial charge is 0.454 e. The molecule has 0 aliphatic carbocycles. The van der Waals surface area contributed by atoms with Crippen molar-refractivity contribution >= 4 is 29.0 Å². The number of hydrogen-bond acceptors (Lipinski definition) is 6. The second kappa shape index (κ2) is 10.0. The minimum absolute atomic E-state index is 0.184. The minimum atomic E-state index is -0.620. The molecule has 1 N–H and O–H groups in total. The molecule has 3 aromatic carbocycles. The van der Waals surface area contributed by atoms with Crippen molar-refractivity contribution in [3.8, 4) is 11.5 Å². The zero-order valence-electron chi connectivity index (χ0n) is 21.8. The van der Waals surface area contributed by atoms with Crippen molar-refractivity contribution in [1.82, 2.24) is 4.57 Å². The van der Waals surface area contributed by atoms with E-state index >= 15 is 0 Å². The van der Waals surface area contributed by atoms with Gasteiger partial charge in [0.1, 0.15) is 0 Å². The molecule has 39 heavy (non-hydrogen) atoms. The number of thiazole rings is 1. The van der Waals surface area contributed by atoms with E-state index in [-0.39, 0.29) is 18.3 Å². The number of amides is 1. The van der Waals surface area contributed by atoms with E-state index in [1.54, 1.807) is 4.57 Å². The maximum atomic E-state index is 13.9. The molecule has 0 radical (unpaired) electrons. The van der Waals surface area contributed by atoms with Crippen molar-refractivity contribution in [2.75, 3.05) is 12.1 Å². The highest BCUT2D eigenvalue weighted by Crippen LogP contribution is 2.33. The Morgan fingerprint density at radius 1 is 1.05 bits per heavy atom. The van der Waals surface area contributed by atoms with E-state index < -0.39 is 6.04 Å². The van der Waals surface area contributed by atoms with Gasteiger partial charge in [0.25, 0.3) is 11.5 Å². The Labute approximate surface area is 229 Å². The third-order valence-corrected chi connectivity index (χ3v) is 7.89. The second-order valence-electron chi connectivity index (χ2n) is 9.84. The maximum absolute atomic E-state index is 13.9. The van der Waals surface area contributed by atoms with E-state index in [9.17, 15) is 9.59 Å². The number of rotatable bonds is 5. The Balaban J connectivity index is 1.49. The summed E-state index contributed by atoms with van der Waals surface area (Å²) in [5.41, 5.74) is 4.35. The van der Waals surface area contributed by atoms with Gasteiger partial charge in [0.15, 0.2) is 16.3 Å². The summed E-state index contributed by atoms with van der Waals surface area (Å²) in [6, 6.07) is 22.4. The molecule has 6 rings (SSSR count). The van der Waals surface area contributed by atoms with Crippen LogP contribution in [0.15, 0.2) is 93.9 Å². The number of allylic oxidation sites excluding steroid dienone is 1. The molecule has 0 fully saturated rings. The highest BCUT2D eigenvalue weighted by Gasteiger charge is 2.32. The Bertz CT molecular complexity index is 1780. The summed E-state index contributed by atoms with van der Waals surface area (Å²) in [4.78, 5) is 32.9. The van der Waals surface area contributed by atoms with Crippen molar-refractivity contribution in [1.29, 1.82) is 0 Å². The predicted molar refractivity (Wildman–Crippen MR) is 152 cm³/mol. The number of ether oxygens (including phenoxy) is 2. The quantitative estimate of drug-likeness (QED) is 0.399. The van der Waals surface area contributed by atoms with Gasteiger partial charge >= 0.3 is 0 Å². The average molecular weight is 538 g/mol. The lowest BCUT2D eigenvalue weighted by atomic mass is 9.93. The molecule has 196 valence electrons. The number of fused-ring (bicyclic) bond motifs is 2. The summed E-state index contributed by atoms with van der Waals surface area (Å²) >= 11 is 1.31. The first-order valence-electron chi connectivity index (χ1n) is 12.8. The van der Waals surface area contributed by atoms with Crippen LogP contribution in [0.2, 0.25) is 0 Å². The summed E-state index contributed by atoms with van der Waals surface area (Å²) in [6.07, 6.45) is 1.83. The molecule has 2 aliphatic rings. The highest BCUT2D eigenvalue weighted by molar-refractivity contribution is 7.07. The molecule has 0 saturated heterocycles. The molecule has 0 saturated carbocycles. The number of aromatic nitrogens is 1. The first-order valence-corrected chi connectivity index (χ1v) is 13.6. The Kier molecular flexibility index (Phi) is 6.40. The molecule has 2 aliphatic heterocycles. The average Bonchev–Trinajstić information content (AvgIpc) is 3.52. The Morgan fingerprint density at radius 2 is 1.79 bits per heavy atom. The molecular formula is C31H27N3O4S. The molecule has 1 atom stereocenters. The van der Waals surface area contributed by atoms with Gasteiger partial charge in [-0.2, -0.15) is 0 Å². The number of benzene rings is 3. The molecule has 1 unspecified atom stereocenters. The molecule has 0 spiro atoms. The maximum Gasteiger partial charge on any atom is 0.271 e. The van der Waals surface area contributed by atoms with Crippen LogP contribution in [0.25, 0.3) is 6.08 Å². The van der Waals surface area contributed by atoms with Gasteiger partial charge in [-0.3, -0.25) is 14.2 Å². The lowest BCUT2D eigenvalue weighted by Crippen LogP contribution is -2.40. The van der Waals surface area contributed by atoms with Gasteiger partial charge in [-0.25, -0.2) is 4.99 Å². The van der Waals surface area contributed by atoms with Crippen LogP contribution in [-0.4, -0.2) is 17.3 Å². The van der Waals surface area contributed by atoms with E-state index in [1.807, 2.05) is 73.7 Å². The van der Waals surface area contributed by atoms with Gasteiger partial charge in [-0.1, -0.05) is 73.7 Å². The number of carbonyl (C=O) groups excluding carboxylic acids is 1. The van der Waals surface area contributed by atoms with Gasteiger partial charge in [0.05, 0.1) is 21.8 Å². The number of anilines is 1. The van der Waals surface area contributed by atoms with Crippen molar-refractivity contribution in [3.63, 3.8) is 0 Å². The fraction of sp³-hybridized carbons (Fsp3) is 0.194. The van der Waals surface area contributed by atoms with Gasteiger partial charge in [0, 0.05) is 5.69 Å². The van der Waals surface area contributed by atoms with E-state index in [0.29, 0.717) is 43.7 Å². The summed E-state index contributed by atoms with van der Waals surface area (Å²) < 4.78 is 13.1. The Hall–Kier alpha value is -4.43. The third-order valence-electron chi connectivity index (χ3n) is 6.91. The molecule has 1 amide bonds. The van der Waals surface area contributed by atoms with Crippen molar-refractivity contribution < 1.29 is 14.3 Å². The van der Waals surface area contributed by atoms with Crippen molar-refractivity contribution in [2.24, 2.45) is 4.99 Å². The van der Waals surface area contributed by atoms with Crippen LogP contribution in [0.3, 0.4) is 0 Å². The zero-order chi connectivity index (χ0) is 27.1. The second-order valence-corrected chi connectivity index (χ2v) is 10.8. The summed E-state index contributed by atoms with van der Waals surface area (Å²) in [5, 5.41) is 2.99. The Morgan fingerprint density at radius 3 is 2.54 bits per heavy atom. The highest BCUT2D eigenvalue weighted by atomic mass is 32.1. The zero-order valence-corrected chi connectivity index (χ0v) is 22.6. The minimum Gasteiger partial charge on any atom is -0.454 e. The number of hydrogen-bond donors (Lipinski definition) is 1. The normalized spacial score (nSPS) is 16.3. The predicted octanol–water partition coefficient (Wildman–Crippen LogP) is 4.73. The van der Waals surface area contributed by atoms with Gasteiger partial charge in [0.2, 0.25) is 6.79 Å². The van der Waals surface area contributed by atoms with Crippen LogP contribution in [0.1, 0.15) is 49.4 Å². The molecular weight excluding hydrogens is 510 g/mol. The molecule has 3 heterocycles. The van der Waals surface area contributed by atoms with Crippen molar-refractivity contribution in [3.05, 3.63) is 120 Å². The SMILES string of the molecule is CC1=C(C(=O)Nc2ccccc2)C(c2ccc(C(C)C)cc2)n2c(s/c(=C\c3ccc4c(c3)OCO4)c2=O)=N1. The van der Waals surface area contributed by atoms with E-state index in [2.05, 4.69) is 31.3 Å². The first kappa shape index (κ1) is 24.9. The smallest absolute Gasteiger partial charge is 0.271 e. The number of para-hydroxylation sites is 1. The summed E-state index contributed by atoms with van der Waals surface area (Å²) in [5.74, 6) is 1.41. The van der Waals surface area contributed by atoms with Gasteiger partial charge in [-0.15, -0.1) is 0 Å². The lowest BCUT2D eigenvalue weighted by Gasteiger charge is -2.25. The van der Waals surface area contributed by atoms with Crippen molar-refractivity contribution in [2.45, 2.75) is 32.7 Å². The molecule has 0 bridgehead atoms.